The van der Waals surface area contributed by atoms with E-state index in [1.165, 1.54) is 31.4 Å². The summed E-state index contributed by atoms with van der Waals surface area (Å²) in [6, 6.07) is 8.57. The lowest BCUT2D eigenvalue weighted by Crippen LogP contribution is -2.22. The molecule has 0 aromatic heterocycles. The summed E-state index contributed by atoms with van der Waals surface area (Å²) in [5.74, 6) is -1.35. The van der Waals surface area contributed by atoms with E-state index in [1.54, 1.807) is 0 Å². The normalized spacial score (nSPS) is 20.0. The average molecular weight is 392 g/mol. The Balaban J connectivity index is 1.61. The Morgan fingerprint density at radius 3 is 2.25 bits per heavy atom. The molecule has 0 saturated heterocycles. The minimum Gasteiger partial charge on any atom is -0.429 e. The second-order valence-corrected chi connectivity index (χ2v) is 7.40. The van der Waals surface area contributed by atoms with Crippen LogP contribution in [-0.4, -0.2) is 0 Å². The quantitative estimate of drug-likeness (QED) is 0.354. The molecule has 0 unspecified atom stereocenters. The Kier molecular flexibility index (Phi) is 6.42. The molecule has 0 aliphatic heterocycles. The van der Waals surface area contributed by atoms with Crippen LogP contribution in [0.1, 0.15) is 55.6 Å². The van der Waals surface area contributed by atoms with Gasteiger partial charge in [0.25, 0.3) is 0 Å². The zero-order valence-corrected chi connectivity index (χ0v) is 15.6. The van der Waals surface area contributed by atoms with Crippen LogP contribution in [0.15, 0.2) is 55.1 Å². The van der Waals surface area contributed by atoms with Crippen molar-refractivity contribution >= 4 is 0 Å². The molecule has 1 nitrogen and oxygen atoms in total. The molecule has 1 fully saturated rings. The molecule has 0 amide bonds. The molecule has 5 heteroatoms. The fourth-order valence-corrected chi connectivity index (χ4v) is 3.83. The number of benzene rings is 2. The second-order valence-electron chi connectivity index (χ2n) is 7.40. The smallest absolute Gasteiger partial charge is 0.426 e. The van der Waals surface area contributed by atoms with Crippen molar-refractivity contribution in [2.45, 2.75) is 50.6 Å². The van der Waals surface area contributed by atoms with Gasteiger partial charge in [-0.05, 0) is 86.3 Å². The molecule has 0 heterocycles. The third-order valence-corrected chi connectivity index (χ3v) is 5.48. The molecule has 0 bridgehead atoms. The predicted octanol–water partition coefficient (Wildman–Crippen LogP) is 7.33. The van der Waals surface area contributed by atoms with Gasteiger partial charge in [0.1, 0.15) is 5.75 Å². The summed E-state index contributed by atoms with van der Waals surface area (Å²) in [7, 11) is 0. The summed E-state index contributed by atoms with van der Waals surface area (Å²) in [4.78, 5) is 0. The van der Waals surface area contributed by atoms with Gasteiger partial charge in [0.05, 0.1) is 5.56 Å². The average Bonchev–Trinajstić information content (AvgIpc) is 2.69. The lowest BCUT2D eigenvalue weighted by Gasteiger charge is -2.28. The number of allylic oxidation sites excluding steroid dienone is 1. The minimum atomic E-state index is -3.75. The van der Waals surface area contributed by atoms with Crippen molar-refractivity contribution in [3.8, 4) is 5.75 Å². The molecule has 0 spiro atoms. The van der Waals surface area contributed by atoms with Crippen LogP contribution in [0.4, 0.5) is 17.6 Å². The molecule has 1 aliphatic carbocycles. The van der Waals surface area contributed by atoms with Crippen LogP contribution in [0.5, 0.6) is 5.75 Å². The van der Waals surface area contributed by atoms with Gasteiger partial charge in [0.2, 0.25) is 0 Å². The van der Waals surface area contributed by atoms with Crippen LogP contribution in [0.2, 0.25) is 0 Å². The van der Waals surface area contributed by atoms with Crippen molar-refractivity contribution in [1.82, 2.24) is 0 Å². The van der Waals surface area contributed by atoms with Gasteiger partial charge >= 0.3 is 6.11 Å². The molecule has 1 saturated carbocycles. The van der Waals surface area contributed by atoms with Crippen LogP contribution >= 0.6 is 0 Å². The van der Waals surface area contributed by atoms with E-state index in [2.05, 4.69) is 6.58 Å². The number of ether oxygens (including phenoxy) is 1. The van der Waals surface area contributed by atoms with E-state index in [0.29, 0.717) is 18.1 Å². The van der Waals surface area contributed by atoms with Crippen LogP contribution in [0, 0.1) is 17.6 Å². The maximum Gasteiger partial charge on any atom is 0.426 e. The van der Waals surface area contributed by atoms with Crippen molar-refractivity contribution in [1.29, 1.82) is 0 Å². The van der Waals surface area contributed by atoms with E-state index in [9.17, 15) is 17.6 Å². The van der Waals surface area contributed by atoms with E-state index >= 15 is 0 Å². The molecule has 0 atom stereocenters. The Morgan fingerprint density at radius 2 is 1.64 bits per heavy atom. The van der Waals surface area contributed by atoms with Gasteiger partial charge in [-0.25, -0.2) is 8.78 Å². The van der Waals surface area contributed by atoms with Crippen LogP contribution in [-0.2, 0) is 6.11 Å². The van der Waals surface area contributed by atoms with Gasteiger partial charge in [-0.2, -0.15) is 8.78 Å². The minimum absolute atomic E-state index is 0.0156. The Bertz CT molecular complexity index is 793. The summed E-state index contributed by atoms with van der Waals surface area (Å²) in [5.41, 5.74) is 0.388. The molecule has 3 rings (SSSR count). The number of hydrogen-bond acceptors (Lipinski definition) is 1. The third kappa shape index (κ3) is 4.94. The first kappa shape index (κ1) is 20.4. The molecule has 2 aromatic carbocycles. The highest BCUT2D eigenvalue weighted by Crippen LogP contribution is 2.39. The largest absolute Gasteiger partial charge is 0.429 e. The van der Waals surface area contributed by atoms with Crippen molar-refractivity contribution in [2.75, 3.05) is 0 Å². The van der Waals surface area contributed by atoms with E-state index in [4.69, 9.17) is 4.74 Å². The topological polar surface area (TPSA) is 9.23 Å². The summed E-state index contributed by atoms with van der Waals surface area (Å²) in [6.45, 7) is 3.77. The van der Waals surface area contributed by atoms with Crippen molar-refractivity contribution in [2.24, 2.45) is 5.92 Å². The van der Waals surface area contributed by atoms with Gasteiger partial charge in [-0.1, -0.05) is 18.2 Å². The summed E-state index contributed by atoms with van der Waals surface area (Å²) < 4.78 is 59.4. The molecule has 150 valence electrons. The molecule has 0 N–H and O–H groups in total. The SMILES string of the molecule is C=CCCC1CCC(c2ccc(OC(F)(F)c3ccc(F)c(F)c3)cc2)CC1. The molecule has 2 aromatic rings. The monoisotopic (exact) mass is 392 g/mol. The summed E-state index contributed by atoms with van der Waals surface area (Å²) in [5, 5.41) is 0. The standard InChI is InChI=1S/C23H24F4O/c1-2-3-4-16-5-7-17(8-6-16)18-9-12-20(13-10-18)28-23(26,27)19-11-14-21(24)22(25)15-19/h2,9-17H,1,3-8H2. The highest BCUT2D eigenvalue weighted by molar-refractivity contribution is 5.31. The maximum atomic E-state index is 14.2. The van der Waals surface area contributed by atoms with Gasteiger partial charge in [0.15, 0.2) is 11.6 Å². The van der Waals surface area contributed by atoms with Crippen LogP contribution < -0.4 is 4.74 Å². The zero-order chi connectivity index (χ0) is 20.1. The Labute approximate surface area is 163 Å². The first-order valence-corrected chi connectivity index (χ1v) is 9.62. The predicted molar refractivity (Wildman–Crippen MR) is 101 cm³/mol. The fourth-order valence-electron chi connectivity index (χ4n) is 3.83. The van der Waals surface area contributed by atoms with Crippen molar-refractivity contribution in [3.05, 3.63) is 77.9 Å². The van der Waals surface area contributed by atoms with Gasteiger partial charge < -0.3 is 4.74 Å². The van der Waals surface area contributed by atoms with E-state index in [-0.39, 0.29) is 5.75 Å². The highest BCUT2D eigenvalue weighted by atomic mass is 19.3. The first-order valence-electron chi connectivity index (χ1n) is 9.62. The fraction of sp³-hybridized carbons (Fsp3) is 0.391. The van der Waals surface area contributed by atoms with E-state index in [1.807, 2.05) is 18.2 Å². The summed E-state index contributed by atoms with van der Waals surface area (Å²) in [6.07, 6.45) is 4.96. The number of halogens is 4. The molecular formula is C23H24F4O. The number of rotatable bonds is 7. The van der Waals surface area contributed by atoms with E-state index < -0.39 is 23.3 Å². The zero-order valence-electron chi connectivity index (χ0n) is 15.6. The Hall–Kier alpha value is -2.30. The van der Waals surface area contributed by atoms with Gasteiger partial charge in [-0.3, -0.25) is 0 Å². The van der Waals surface area contributed by atoms with E-state index in [0.717, 1.165) is 36.8 Å². The maximum absolute atomic E-state index is 14.2. The lowest BCUT2D eigenvalue weighted by molar-refractivity contribution is -0.185. The Morgan fingerprint density at radius 1 is 0.964 bits per heavy atom. The van der Waals surface area contributed by atoms with Crippen molar-refractivity contribution < 1.29 is 22.3 Å². The van der Waals surface area contributed by atoms with Crippen molar-refractivity contribution in [3.63, 3.8) is 0 Å². The molecule has 28 heavy (non-hydrogen) atoms. The number of alkyl halides is 2. The number of hydrogen-bond donors (Lipinski definition) is 0. The summed E-state index contributed by atoms with van der Waals surface area (Å²) >= 11 is 0. The third-order valence-electron chi connectivity index (χ3n) is 5.48. The van der Waals surface area contributed by atoms with Crippen LogP contribution in [0.25, 0.3) is 0 Å². The van der Waals surface area contributed by atoms with Crippen LogP contribution in [0.3, 0.4) is 0 Å². The molecule has 1 aliphatic rings. The van der Waals surface area contributed by atoms with Gasteiger partial charge in [-0.15, -0.1) is 6.58 Å². The molecule has 0 radical (unpaired) electrons. The lowest BCUT2D eigenvalue weighted by atomic mass is 9.77. The second kappa shape index (κ2) is 8.80. The molecular weight excluding hydrogens is 368 g/mol. The first-order chi connectivity index (χ1) is 13.4. The highest BCUT2D eigenvalue weighted by Gasteiger charge is 2.35. The van der Waals surface area contributed by atoms with Gasteiger partial charge in [0, 0.05) is 0 Å².